The van der Waals surface area contributed by atoms with Crippen molar-refractivity contribution in [2.75, 3.05) is 0 Å². The van der Waals surface area contributed by atoms with Gasteiger partial charge in [0.05, 0.1) is 6.42 Å². The van der Waals surface area contributed by atoms with Gasteiger partial charge in [0.1, 0.15) is 4.21 Å². The van der Waals surface area contributed by atoms with E-state index in [1.165, 1.54) is 6.07 Å². The molecule has 100 valence electrons. The lowest BCUT2D eigenvalue weighted by atomic mass is 10.2. The molecule has 1 atom stereocenters. The minimum Gasteiger partial charge on any atom is -0.352 e. The first-order valence-electron chi connectivity index (χ1n) is 5.51. The van der Waals surface area contributed by atoms with Crippen molar-refractivity contribution >= 4 is 37.0 Å². The van der Waals surface area contributed by atoms with E-state index in [0.717, 1.165) is 17.8 Å². The highest BCUT2D eigenvalue weighted by Crippen LogP contribution is 2.44. The van der Waals surface area contributed by atoms with Crippen molar-refractivity contribution in [3.8, 4) is 0 Å². The highest BCUT2D eigenvalue weighted by atomic mass is 35.7. The van der Waals surface area contributed by atoms with Crippen LogP contribution in [0.3, 0.4) is 0 Å². The third kappa shape index (κ3) is 3.24. The Kier molecular flexibility index (Phi) is 3.46. The number of thiophene rings is 1. The first-order valence-corrected chi connectivity index (χ1v) is 8.64. The molecule has 0 bridgehead atoms. The van der Waals surface area contributed by atoms with E-state index in [2.05, 4.69) is 19.2 Å². The molecule has 1 fully saturated rings. The smallest absolute Gasteiger partial charge is 0.270 e. The monoisotopic (exact) mass is 307 g/mol. The lowest BCUT2D eigenvalue weighted by molar-refractivity contribution is -0.120. The normalized spacial score (nSPS) is 21.6. The Labute approximate surface area is 115 Å². The lowest BCUT2D eigenvalue weighted by Crippen LogP contribution is -2.29. The molecule has 0 aliphatic heterocycles. The maximum atomic E-state index is 11.7. The number of rotatable bonds is 4. The third-order valence-corrected chi connectivity index (χ3v) is 6.24. The molecule has 1 unspecified atom stereocenters. The van der Waals surface area contributed by atoms with E-state index in [1.807, 2.05) is 0 Å². The van der Waals surface area contributed by atoms with E-state index < -0.39 is 9.05 Å². The van der Waals surface area contributed by atoms with Gasteiger partial charge in [-0.05, 0) is 24.0 Å². The maximum Gasteiger partial charge on any atom is 0.270 e. The third-order valence-electron chi connectivity index (χ3n) is 3.06. The van der Waals surface area contributed by atoms with Crippen molar-refractivity contribution in [3.05, 3.63) is 17.0 Å². The molecule has 1 aromatic heterocycles. The Hall–Kier alpha value is -0.590. The van der Waals surface area contributed by atoms with E-state index in [-0.39, 0.29) is 28.0 Å². The Morgan fingerprint density at radius 3 is 2.61 bits per heavy atom. The van der Waals surface area contributed by atoms with Gasteiger partial charge in [0.2, 0.25) is 5.91 Å². The molecule has 18 heavy (non-hydrogen) atoms. The number of hydrogen-bond acceptors (Lipinski definition) is 4. The molecule has 1 N–H and O–H groups in total. The summed E-state index contributed by atoms with van der Waals surface area (Å²) in [7, 11) is 1.53. The van der Waals surface area contributed by atoms with Crippen molar-refractivity contribution in [2.24, 2.45) is 5.41 Å². The van der Waals surface area contributed by atoms with Gasteiger partial charge in [-0.3, -0.25) is 4.79 Å². The van der Waals surface area contributed by atoms with Crippen LogP contribution >= 0.6 is 22.0 Å². The van der Waals surface area contributed by atoms with Crippen molar-refractivity contribution in [1.82, 2.24) is 5.32 Å². The van der Waals surface area contributed by atoms with Gasteiger partial charge in [0.15, 0.2) is 0 Å². The number of halogens is 1. The van der Waals surface area contributed by atoms with Crippen molar-refractivity contribution in [3.63, 3.8) is 0 Å². The van der Waals surface area contributed by atoms with Gasteiger partial charge < -0.3 is 5.32 Å². The average Bonchev–Trinajstić information content (AvgIpc) is 2.62. The zero-order valence-corrected chi connectivity index (χ0v) is 12.5. The molecule has 1 amide bonds. The van der Waals surface area contributed by atoms with Gasteiger partial charge >= 0.3 is 0 Å². The second-order valence-corrected chi connectivity index (χ2v) is 9.11. The minimum atomic E-state index is -3.69. The van der Waals surface area contributed by atoms with Gasteiger partial charge in [-0.1, -0.05) is 13.8 Å². The molecule has 4 nitrogen and oxygen atoms in total. The zero-order chi connectivity index (χ0) is 13.6. The highest BCUT2D eigenvalue weighted by Gasteiger charge is 2.46. The fourth-order valence-corrected chi connectivity index (χ4v) is 3.82. The van der Waals surface area contributed by atoms with Crippen molar-refractivity contribution in [2.45, 2.75) is 36.9 Å². The summed E-state index contributed by atoms with van der Waals surface area (Å²) in [6.45, 7) is 4.20. The molecule has 1 aliphatic rings. The molecule has 1 heterocycles. The van der Waals surface area contributed by atoms with Crippen LogP contribution in [0.4, 0.5) is 0 Å². The van der Waals surface area contributed by atoms with Crippen LogP contribution < -0.4 is 5.32 Å². The van der Waals surface area contributed by atoms with Crippen LogP contribution in [-0.2, 0) is 20.3 Å². The Morgan fingerprint density at radius 2 is 2.17 bits per heavy atom. The second-order valence-electron chi connectivity index (χ2n) is 5.15. The predicted molar refractivity (Wildman–Crippen MR) is 71.4 cm³/mol. The Balaban J connectivity index is 1.94. The fraction of sp³-hybridized carbons (Fsp3) is 0.545. The van der Waals surface area contributed by atoms with Crippen LogP contribution in [0.15, 0.2) is 16.3 Å². The first-order chi connectivity index (χ1) is 8.18. The number of carbonyl (C=O) groups excluding carboxylic acids is 1. The van der Waals surface area contributed by atoms with E-state index in [0.29, 0.717) is 4.88 Å². The predicted octanol–water partition coefficient (Wildman–Crippen LogP) is 2.13. The maximum absolute atomic E-state index is 11.7. The summed E-state index contributed by atoms with van der Waals surface area (Å²) in [5, 5.41) is 2.93. The summed E-state index contributed by atoms with van der Waals surface area (Å²) < 4.78 is 22.2. The minimum absolute atomic E-state index is 0.0778. The van der Waals surface area contributed by atoms with Crippen LogP contribution in [-0.4, -0.2) is 20.4 Å². The molecular weight excluding hydrogens is 294 g/mol. The van der Waals surface area contributed by atoms with E-state index in [9.17, 15) is 13.2 Å². The number of amides is 1. The molecule has 7 heteroatoms. The van der Waals surface area contributed by atoms with E-state index >= 15 is 0 Å². The largest absolute Gasteiger partial charge is 0.352 e. The van der Waals surface area contributed by atoms with Crippen LogP contribution in [0, 0.1) is 5.41 Å². The fourth-order valence-electron chi connectivity index (χ4n) is 1.70. The van der Waals surface area contributed by atoms with Crippen LogP contribution in [0.2, 0.25) is 0 Å². The highest BCUT2D eigenvalue weighted by molar-refractivity contribution is 8.15. The Bertz CT molecular complexity index is 577. The molecule has 0 aromatic carbocycles. The molecule has 0 radical (unpaired) electrons. The van der Waals surface area contributed by atoms with Gasteiger partial charge in [0.25, 0.3) is 9.05 Å². The molecule has 1 aromatic rings. The molecule has 0 saturated heterocycles. The van der Waals surface area contributed by atoms with Crippen LogP contribution in [0.5, 0.6) is 0 Å². The average molecular weight is 308 g/mol. The second kappa shape index (κ2) is 4.51. The van der Waals surface area contributed by atoms with Crippen LogP contribution in [0.25, 0.3) is 0 Å². The standard InChI is InChI=1S/C11H14ClNO3S2/c1-11(2)6-8(11)13-9(14)5-7-3-4-10(17-7)18(12,15)16/h3-4,8H,5-6H2,1-2H3,(H,13,14). The molecular formula is C11H14ClNO3S2. The topological polar surface area (TPSA) is 63.2 Å². The number of nitrogens with one attached hydrogen (secondary N) is 1. The molecule has 1 aliphatic carbocycles. The van der Waals surface area contributed by atoms with Gasteiger partial charge in [-0.2, -0.15) is 0 Å². The lowest BCUT2D eigenvalue weighted by Gasteiger charge is -2.05. The molecule has 1 saturated carbocycles. The summed E-state index contributed by atoms with van der Waals surface area (Å²) in [6.07, 6.45) is 1.19. The summed E-state index contributed by atoms with van der Waals surface area (Å²) in [6, 6.07) is 3.29. The van der Waals surface area contributed by atoms with Crippen LogP contribution in [0.1, 0.15) is 25.1 Å². The summed E-state index contributed by atoms with van der Waals surface area (Å²) in [5.41, 5.74) is 0.190. The molecule has 0 spiro atoms. The van der Waals surface area contributed by atoms with E-state index in [1.54, 1.807) is 6.07 Å². The SMILES string of the molecule is CC1(C)CC1NC(=O)Cc1ccc(S(=O)(=O)Cl)s1. The van der Waals surface area contributed by atoms with Crippen molar-refractivity contribution < 1.29 is 13.2 Å². The summed E-state index contributed by atoms with van der Waals surface area (Å²) >= 11 is 1.03. The van der Waals surface area contributed by atoms with Crippen molar-refractivity contribution in [1.29, 1.82) is 0 Å². The number of carbonyl (C=O) groups is 1. The first kappa shape index (κ1) is 13.8. The van der Waals surface area contributed by atoms with Gasteiger partial charge in [-0.25, -0.2) is 8.42 Å². The molecule has 2 rings (SSSR count). The Morgan fingerprint density at radius 1 is 1.56 bits per heavy atom. The summed E-state index contributed by atoms with van der Waals surface area (Å²) in [4.78, 5) is 12.4. The van der Waals surface area contributed by atoms with Gasteiger partial charge in [0, 0.05) is 21.6 Å². The number of hydrogen-bond donors (Lipinski definition) is 1. The van der Waals surface area contributed by atoms with E-state index in [4.69, 9.17) is 10.7 Å². The quantitative estimate of drug-likeness (QED) is 0.867. The zero-order valence-electron chi connectivity index (χ0n) is 10.1. The summed E-state index contributed by atoms with van der Waals surface area (Å²) in [5.74, 6) is -0.0778. The van der Waals surface area contributed by atoms with Gasteiger partial charge in [-0.15, -0.1) is 11.3 Å².